The van der Waals surface area contributed by atoms with Gasteiger partial charge in [-0.1, -0.05) is 81.4 Å². The normalized spacial score (nSPS) is 18.6. The van der Waals surface area contributed by atoms with Crippen molar-refractivity contribution in [2.24, 2.45) is 0 Å². The summed E-state index contributed by atoms with van der Waals surface area (Å²) in [5.74, 6) is 0.185. The Balaban J connectivity index is 1.76. The minimum Gasteiger partial charge on any atom is -0.415 e. The predicted octanol–water partition coefficient (Wildman–Crippen LogP) is 4.92. The van der Waals surface area contributed by atoms with E-state index in [4.69, 9.17) is 4.43 Å². The molecule has 1 aliphatic rings. The average Bonchev–Trinajstić information content (AvgIpc) is 2.69. The Labute approximate surface area is 183 Å². The Morgan fingerprint density at radius 3 is 2.00 bits per heavy atom. The summed E-state index contributed by atoms with van der Waals surface area (Å²) in [4.78, 5) is 17.5. The summed E-state index contributed by atoms with van der Waals surface area (Å²) in [7, 11) is -1.89. The van der Waals surface area contributed by atoms with Gasteiger partial charge in [-0.15, -0.1) is 0 Å². The number of hydrogen-bond donors (Lipinski definition) is 0. The summed E-state index contributed by atoms with van der Waals surface area (Å²) < 4.78 is 6.57. The van der Waals surface area contributed by atoms with E-state index in [2.05, 4.69) is 75.2 Å². The van der Waals surface area contributed by atoms with Crippen LogP contribution >= 0.6 is 0 Å². The number of piperazine rings is 1. The van der Waals surface area contributed by atoms with Crippen LogP contribution < -0.4 is 0 Å². The van der Waals surface area contributed by atoms with Crippen LogP contribution in [0, 0.1) is 0 Å². The van der Waals surface area contributed by atoms with E-state index in [-0.39, 0.29) is 17.0 Å². The monoisotopic (exact) mass is 424 g/mol. The van der Waals surface area contributed by atoms with E-state index >= 15 is 0 Å². The van der Waals surface area contributed by atoms with Gasteiger partial charge in [0.25, 0.3) is 0 Å². The molecule has 0 unspecified atom stereocenters. The lowest BCUT2D eigenvalue weighted by Crippen LogP contribution is -2.58. The van der Waals surface area contributed by atoms with E-state index in [0.717, 1.165) is 13.1 Å². The lowest BCUT2D eigenvalue weighted by Gasteiger charge is -2.44. The largest absolute Gasteiger partial charge is 0.415 e. The topological polar surface area (TPSA) is 32.8 Å². The molecule has 3 rings (SSSR count). The van der Waals surface area contributed by atoms with Crippen molar-refractivity contribution in [3.63, 3.8) is 0 Å². The molecule has 0 aromatic heterocycles. The minimum atomic E-state index is -1.89. The first-order valence-corrected chi connectivity index (χ1v) is 13.8. The average molecular weight is 425 g/mol. The lowest BCUT2D eigenvalue weighted by molar-refractivity contribution is -0.142. The van der Waals surface area contributed by atoms with E-state index in [1.807, 2.05) is 29.2 Å². The molecule has 2 aromatic rings. The van der Waals surface area contributed by atoms with Crippen molar-refractivity contribution in [3.05, 3.63) is 71.8 Å². The van der Waals surface area contributed by atoms with Crippen molar-refractivity contribution < 1.29 is 9.22 Å². The molecule has 1 saturated heterocycles. The molecule has 1 atom stereocenters. The van der Waals surface area contributed by atoms with Crippen molar-refractivity contribution in [2.45, 2.75) is 58.0 Å². The van der Waals surface area contributed by atoms with Crippen molar-refractivity contribution in [3.8, 4) is 0 Å². The van der Waals surface area contributed by atoms with E-state index in [1.54, 1.807) is 0 Å². The van der Waals surface area contributed by atoms with Crippen LogP contribution in [-0.2, 0) is 22.3 Å². The maximum absolute atomic E-state index is 13.2. The minimum absolute atomic E-state index is 0.0595. The Morgan fingerprint density at radius 2 is 1.47 bits per heavy atom. The summed E-state index contributed by atoms with van der Waals surface area (Å²) in [5.41, 5.74) is 2.41. The summed E-state index contributed by atoms with van der Waals surface area (Å²) in [6.07, 6.45) is 0. The quantitative estimate of drug-likeness (QED) is 0.591. The van der Waals surface area contributed by atoms with Gasteiger partial charge < -0.3 is 9.33 Å². The van der Waals surface area contributed by atoms with Gasteiger partial charge in [-0.05, 0) is 29.3 Å². The zero-order chi connectivity index (χ0) is 21.8. The third kappa shape index (κ3) is 5.81. The molecule has 2 aromatic carbocycles. The number of benzene rings is 2. The Kier molecular flexibility index (Phi) is 7.16. The van der Waals surface area contributed by atoms with Gasteiger partial charge >= 0.3 is 0 Å². The highest BCUT2D eigenvalue weighted by Crippen LogP contribution is 2.37. The highest BCUT2D eigenvalue weighted by atomic mass is 28.4. The standard InChI is InChI=1S/C25H36N2O2Si/c1-25(2,3)30(4,5)29-20-23-18-26(16-21-12-8-6-9-13-21)19-24(28)27(23)17-22-14-10-7-11-15-22/h6-15,23H,16-20H2,1-5H3/t23-/m1/s1. The third-order valence-corrected chi connectivity index (χ3v) is 11.0. The van der Waals surface area contributed by atoms with E-state index < -0.39 is 8.32 Å². The maximum atomic E-state index is 13.2. The Morgan fingerprint density at radius 1 is 0.933 bits per heavy atom. The number of nitrogens with zero attached hydrogens (tertiary/aromatic N) is 2. The van der Waals surface area contributed by atoms with Gasteiger partial charge in [-0.2, -0.15) is 0 Å². The van der Waals surface area contributed by atoms with Crippen molar-refractivity contribution >= 4 is 14.2 Å². The zero-order valence-electron chi connectivity index (χ0n) is 19.1. The molecule has 1 aliphatic heterocycles. The summed E-state index contributed by atoms with van der Waals surface area (Å²) >= 11 is 0. The number of carbonyl (C=O) groups is 1. The fraction of sp³-hybridized carbons (Fsp3) is 0.480. The molecular formula is C25H36N2O2Si. The molecule has 1 amide bonds. The molecular weight excluding hydrogens is 388 g/mol. The molecule has 1 fully saturated rings. The van der Waals surface area contributed by atoms with Gasteiger partial charge in [0.05, 0.1) is 19.2 Å². The third-order valence-electron chi connectivity index (χ3n) is 6.48. The highest BCUT2D eigenvalue weighted by molar-refractivity contribution is 6.74. The van der Waals surface area contributed by atoms with E-state index in [1.165, 1.54) is 11.1 Å². The summed E-state index contributed by atoms with van der Waals surface area (Å²) in [6, 6.07) is 20.7. The summed E-state index contributed by atoms with van der Waals surface area (Å²) in [6.45, 7) is 14.7. The van der Waals surface area contributed by atoms with Gasteiger partial charge in [-0.3, -0.25) is 9.69 Å². The lowest BCUT2D eigenvalue weighted by atomic mass is 10.1. The molecule has 0 spiro atoms. The molecule has 0 radical (unpaired) electrons. The number of hydrogen-bond acceptors (Lipinski definition) is 3. The number of carbonyl (C=O) groups excluding carboxylic acids is 1. The van der Waals surface area contributed by atoms with Gasteiger partial charge in [0.15, 0.2) is 8.32 Å². The molecule has 4 nitrogen and oxygen atoms in total. The number of amides is 1. The van der Waals surface area contributed by atoms with Gasteiger partial charge in [0, 0.05) is 19.6 Å². The first kappa shape index (κ1) is 22.7. The van der Waals surface area contributed by atoms with E-state index in [0.29, 0.717) is 19.7 Å². The Hall–Kier alpha value is -1.95. The van der Waals surface area contributed by atoms with Crippen molar-refractivity contribution in [1.82, 2.24) is 9.80 Å². The fourth-order valence-electron chi connectivity index (χ4n) is 3.57. The van der Waals surface area contributed by atoms with Crippen LogP contribution in [0.1, 0.15) is 31.9 Å². The van der Waals surface area contributed by atoms with Crippen LogP contribution in [-0.4, -0.2) is 49.8 Å². The fourth-order valence-corrected chi connectivity index (χ4v) is 4.61. The molecule has 30 heavy (non-hydrogen) atoms. The highest BCUT2D eigenvalue weighted by Gasteiger charge is 2.39. The van der Waals surface area contributed by atoms with Crippen LogP contribution in [0.5, 0.6) is 0 Å². The molecule has 0 N–H and O–H groups in total. The molecule has 162 valence electrons. The van der Waals surface area contributed by atoms with Crippen LogP contribution in [0.25, 0.3) is 0 Å². The van der Waals surface area contributed by atoms with Crippen molar-refractivity contribution in [1.29, 1.82) is 0 Å². The molecule has 1 heterocycles. The van der Waals surface area contributed by atoms with Crippen LogP contribution in [0.2, 0.25) is 18.1 Å². The number of rotatable bonds is 7. The van der Waals surface area contributed by atoms with Gasteiger partial charge in [0.1, 0.15) is 0 Å². The van der Waals surface area contributed by atoms with Crippen LogP contribution in [0.4, 0.5) is 0 Å². The predicted molar refractivity (Wildman–Crippen MR) is 126 cm³/mol. The van der Waals surface area contributed by atoms with Crippen LogP contribution in [0.3, 0.4) is 0 Å². The first-order chi connectivity index (χ1) is 14.2. The van der Waals surface area contributed by atoms with Gasteiger partial charge in [-0.25, -0.2) is 0 Å². The van der Waals surface area contributed by atoms with Crippen molar-refractivity contribution in [2.75, 3.05) is 19.7 Å². The van der Waals surface area contributed by atoms with Gasteiger partial charge in [0.2, 0.25) is 5.91 Å². The molecule has 0 saturated carbocycles. The molecule has 5 heteroatoms. The zero-order valence-corrected chi connectivity index (χ0v) is 20.1. The second-order valence-corrected chi connectivity index (χ2v) is 14.7. The van der Waals surface area contributed by atoms with E-state index in [9.17, 15) is 4.79 Å². The summed E-state index contributed by atoms with van der Waals surface area (Å²) in [5, 5.41) is 0.152. The second kappa shape index (κ2) is 9.46. The second-order valence-electron chi connectivity index (χ2n) is 9.89. The molecule has 0 bridgehead atoms. The smallest absolute Gasteiger partial charge is 0.237 e. The Bertz CT molecular complexity index is 818. The first-order valence-electron chi connectivity index (χ1n) is 10.9. The molecule has 0 aliphatic carbocycles. The SMILES string of the molecule is CC(C)(C)[Si](C)(C)OC[C@H]1CN(Cc2ccccc2)CC(=O)N1Cc1ccccc1. The maximum Gasteiger partial charge on any atom is 0.237 e. The van der Waals surface area contributed by atoms with Crippen LogP contribution in [0.15, 0.2) is 60.7 Å².